The summed E-state index contributed by atoms with van der Waals surface area (Å²) < 4.78 is 0. The number of carbonyl (C=O) groups excluding carboxylic acids is 1. The summed E-state index contributed by atoms with van der Waals surface area (Å²) in [5.41, 5.74) is -0.988. The van der Waals surface area contributed by atoms with E-state index in [9.17, 15) is 14.7 Å². The molecule has 1 heterocycles. The molecule has 0 spiro atoms. The Morgan fingerprint density at radius 3 is 2.38 bits per heavy atom. The number of carboxylic acids is 1. The monoisotopic (exact) mass is 298 g/mol. The summed E-state index contributed by atoms with van der Waals surface area (Å²) >= 11 is 0. The number of hydrogen-bond donors (Lipinski definition) is 2. The van der Waals surface area contributed by atoms with Crippen molar-refractivity contribution in [3.63, 3.8) is 0 Å². The molecule has 5 nitrogen and oxygen atoms in total. The van der Waals surface area contributed by atoms with Crippen LogP contribution in [0.2, 0.25) is 0 Å². The van der Waals surface area contributed by atoms with Crippen LogP contribution in [0.1, 0.15) is 46.5 Å². The molecule has 0 aromatic carbocycles. The number of amides is 1. The highest BCUT2D eigenvalue weighted by atomic mass is 16.4. The van der Waals surface area contributed by atoms with Gasteiger partial charge in [-0.15, -0.1) is 0 Å². The predicted molar refractivity (Wildman–Crippen MR) is 83.0 cm³/mol. The lowest BCUT2D eigenvalue weighted by molar-refractivity contribution is -0.153. The van der Waals surface area contributed by atoms with E-state index in [0.717, 1.165) is 19.5 Å². The van der Waals surface area contributed by atoms with Gasteiger partial charge >= 0.3 is 5.97 Å². The molecule has 1 aliphatic heterocycles. The van der Waals surface area contributed by atoms with E-state index in [0.29, 0.717) is 12.5 Å². The van der Waals surface area contributed by atoms with Crippen LogP contribution in [0.5, 0.6) is 0 Å². The molecule has 1 rings (SSSR count). The minimum absolute atomic E-state index is 0.0490. The molecule has 1 saturated heterocycles. The molecular formula is C16H30N2O3. The van der Waals surface area contributed by atoms with E-state index in [1.165, 1.54) is 12.8 Å². The van der Waals surface area contributed by atoms with Crippen LogP contribution in [-0.4, -0.2) is 48.6 Å². The molecule has 0 aromatic rings. The number of piperidine rings is 1. The van der Waals surface area contributed by atoms with E-state index < -0.39 is 11.4 Å². The van der Waals surface area contributed by atoms with Gasteiger partial charge in [-0.05, 0) is 58.2 Å². The fourth-order valence-electron chi connectivity index (χ4n) is 2.69. The van der Waals surface area contributed by atoms with Crippen molar-refractivity contribution in [2.75, 3.05) is 26.7 Å². The standard InChI is InChI=1S/C16H30N2O3/c1-12(2)16(3,15(20)21)11-14(19)17-8-5-13-6-9-18(4)10-7-13/h12-13H,5-11H2,1-4H3,(H,17,19)(H,20,21). The number of aliphatic carboxylic acids is 1. The number of carbonyl (C=O) groups is 2. The van der Waals surface area contributed by atoms with E-state index in [4.69, 9.17) is 0 Å². The number of rotatable bonds is 7. The van der Waals surface area contributed by atoms with Gasteiger partial charge in [0.05, 0.1) is 5.41 Å². The molecule has 21 heavy (non-hydrogen) atoms. The number of carboxylic acid groups (broad SMARTS) is 1. The Morgan fingerprint density at radius 2 is 1.90 bits per heavy atom. The van der Waals surface area contributed by atoms with E-state index in [1.807, 2.05) is 13.8 Å². The molecule has 122 valence electrons. The molecule has 0 aliphatic carbocycles. The summed E-state index contributed by atoms with van der Waals surface area (Å²) in [4.78, 5) is 25.7. The lowest BCUT2D eigenvalue weighted by Gasteiger charge is -2.30. The Morgan fingerprint density at radius 1 is 1.33 bits per heavy atom. The van der Waals surface area contributed by atoms with E-state index in [1.54, 1.807) is 6.92 Å². The Balaban J connectivity index is 2.32. The Labute approximate surface area is 128 Å². The Hall–Kier alpha value is -1.10. The van der Waals surface area contributed by atoms with Gasteiger partial charge in [0.1, 0.15) is 0 Å². The average Bonchev–Trinajstić information content (AvgIpc) is 2.40. The average molecular weight is 298 g/mol. The maximum absolute atomic E-state index is 12.0. The van der Waals surface area contributed by atoms with Crippen molar-refractivity contribution in [1.29, 1.82) is 0 Å². The van der Waals surface area contributed by atoms with Gasteiger partial charge in [0.15, 0.2) is 0 Å². The van der Waals surface area contributed by atoms with Crippen LogP contribution >= 0.6 is 0 Å². The van der Waals surface area contributed by atoms with Gasteiger partial charge in [0, 0.05) is 13.0 Å². The number of likely N-dealkylation sites (tertiary alicyclic amines) is 1. The third-order valence-electron chi connectivity index (χ3n) is 5.00. The second-order valence-corrected chi connectivity index (χ2v) is 6.94. The van der Waals surface area contributed by atoms with Crippen LogP contribution in [-0.2, 0) is 9.59 Å². The Bertz CT molecular complexity index is 363. The highest BCUT2D eigenvalue weighted by molar-refractivity contribution is 5.84. The zero-order valence-electron chi connectivity index (χ0n) is 13.8. The fourth-order valence-corrected chi connectivity index (χ4v) is 2.69. The molecule has 1 atom stereocenters. The molecule has 2 N–H and O–H groups in total. The fraction of sp³-hybridized carbons (Fsp3) is 0.875. The van der Waals surface area contributed by atoms with E-state index in [-0.39, 0.29) is 18.2 Å². The highest BCUT2D eigenvalue weighted by Gasteiger charge is 2.38. The van der Waals surface area contributed by atoms with Gasteiger partial charge in [-0.1, -0.05) is 13.8 Å². The lowest BCUT2D eigenvalue weighted by atomic mass is 9.76. The molecule has 1 aliphatic rings. The van der Waals surface area contributed by atoms with Crippen molar-refractivity contribution >= 4 is 11.9 Å². The largest absolute Gasteiger partial charge is 0.481 e. The smallest absolute Gasteiger partial charge is 0.310 e. The predicted octanol–water partition coefficient (Wildman–Crippen LogP) is 1.97. The number of hydrogen-bond acceptors (Lipinski definition) is 3. The van der Waals surface area contributed by atoms with Crippen LogP contribution in [0, 0.1) is 17.3 Å². The second kappa shape index (κ2) is 7.78. The van der Waals surface area contributed by atoms with Crippen molar-refractivity contribution in [1.82, 2.24) is 10.2 Å². The zero-order valence-corrected chi connectivity index (χ0v) is 13.8. The second-order valence-electron chi connectivity index (χ2n) is 6.94. The van der Waals surface area contributed by atoms with Gasteiger partial charge in [0.25, 0.3) is 0 Å². The van der Waals surface area contributed by atoms with Crippen molar-refractivity contribution in [3.8, 4) is 0 Å². The van der Waals surface area contributed by atoms with Crippen LogP contribution < -0.4 is 5.32 Å². The maximum atomic E-state index is 12.0. The first-order chi connectivity index (χ1) is 9.75. The summed E-state index contributed by atoms with van der Waals surface area (Å²) in [5.74, 6) is -0.448. The van der Waals surface area contributed by atoms with E-state index in [2.05, 4.69) is 17.3 Å². The molecule has 1 fully saturated rings. The Kier molecular flexibility index (Phi) is 6.65. The van der Waals surface area contributed by atoms with Gasteiger partial charge < -0.3 is 15.3 Å². The van der Waals surface area contributed by atoms with Crippen molar-refractivity contribution in [2.45, 2.75) is 46.5 Å². The summed E-state index contributed by atoms with van der Waals surface area (Å²) in [7, 11) is 2.14. The summed E-state index contributed by atoms with van der Waals surface area (Å²) in [6.45, 7) is 8.25. The van der Waals surface area contributed by atoms with Gasteiger partial charge in [0.2, 0.25) is 5.91 Å². The first kappa shape index (κ1) is 18.0. The van der Waals surface area contributed by atoms with Crippen LogP contribution in [0.15, 0.2) is 0 Å². The molecule has 0 bridgehead atoms. The number of nitrogens with one attached hydrogen (secondary N) is 1. The molecule has 0 aromatic heterocycles. The minimum atomic E-state index is -0.988. The van der Waals surface area contributed by atoms with Crippen molar-refractivity contribution in [3.05, 3.63) is 0 Å². The molecule has 0 radical (unpaired) electrons. The molecule has 1 amide bonds. The maximum Gasteiger partial charge on any atom is 0.310 e. The third-order valence-corrected chi connectivity index (χ3v) is 5.00. The van der Waals surface area contributed by atoms with Gasteiger partial charge in [-0.2, -0.15) is 0 Å². The van der Waals surface area contributed by atoms with Crippen LogP contribution in [0.25, 0.3) is 0 Å². The molecule has 0 saturated carbocycles. The minimum Gasteiger partial charge on any atom is -0.481 e. The molecular weight excluding hydrogens is 268 g/mol. The van der Waals surface area contributed by atoms with Crippen LogP contribution in [0.3, 0.4) is 0 Å². The third kappa shape index (κ3) is 5.30. The van der Waals surface area contributed by atoms with Gasteiger partial charge in [-0.3, -0.25) is 9.59 Å². The first-order valence-corrected chi connectivity index (χ1v) is 7.94. The first-order valence-electron chi connectivity index (χ1n) is 7.94. The SMILES string of the molecule is CC(C)C(C)(CC(=O)NCCC1CCN(C)CC1)C(=O)O. The van der Waals surface area contributed by atoms with E-state index >= 15 is 0 Å². The summed E-state index contributed by atoms with van der Waals surface area (Å²) in [6, 6.07) is 0. The number of nitrogens with zero attached hydrogens (tertiary/aromatic N) is 1. The normalized spacial score (nSPS) is 20.2. The molecule has 5 heteroatoms. The molecule has 1 unspecified atom stereocenters. The summed E-state index contributed by atoms with van der Waals surface area (Å²) in [6.07, 6.45) is 3.41. The van der Waals surface area contributed by atoms with Crippen molar-refractivity contribution < 1.29 is 14.7 Å². The van der Waals surface area contributed by atoms with Gasteiger partial charge in [-0.25, -0.2) is 0 Å². The lowest BCUT2D eigenvalue weighted by Crippen LogP contribution is -2.39. The highest BCUT2D eigenvalue weighted by Crippen LogP contribution is 2.31. The topological polar surface area (TPSA) is 69.6 Å². The summed E-state index contributed by atoms with van der Waals surface area (Å²) in [5, 5.41) is 12.2. The quantitative estimate of drug-likeness (QED) is 0.754. The zero-order chi connectivity index (χ0) is 16.0. The van der Waals surface area contributed by atoms with Crippen molar-refractivity contribution in [2.24, 2.45) is 17.3 Å². The van der Waals surface area contributed by atoms with Crippen LogP contribution in [0.4, 0.5) is 0 Å².